The zero-order chi connectivity index (χ0) is 13.6. The maximum atomic E-state index is 11.4. The van der Waals surface area contributed by atoms with Crippen molar-refractivity contribution in [2.45, 2.75) is 53.2 Å². The molecule has 1 atom stereocenters. The van der Waals surface area contributed by atoms with Crippen molar-refractivity contribution in [2.75, 3.05) is 0 Å². The van der Waals surface area contributed by atoms with E-state index in [4.69, 9.17) is 4.74 Å². The minimum atomic E-state index is -0.513. The first-order chi connectivity index (χ1) is 7.61. The number of rotatable bonds is 4. The number of hydrogen-bond donors (Lipinski definition) is 1. The van der Waals surface area contributed by atoms with Crippen LogP contribution in [0.1, 0.15) is 41.5 Å². The molecule has 0 aliphatic rings. The van der Waals surface area contributed by atoms with E-state index in [1.165, 1.54) is 6.08 Å². The third-order valence-corrected chi connectivity index (χ3v) is 1.86. The molecule has 1 amide bonds. The van der Waals surface area contributed by atoms with Gasteiger partial charge in [0.25, 0.3) is 0 Å². The van der Waals surface area contributed by atoms with Gasteiger partial charge in [-0.25, -0.2) is 4.79 Å². The van der Waals surface area contributed by atoms with Crippen molar-refractivity contribution in [1.82, 2.24) is 5.32 Å². The van der Waals surface area contributed by atoms with Crippen LogP contribution in [-0.4, -0.2) is 23.5 Å². The fraction of sp³-hybridized carbons (Fsp3) is 0.692. The van der Waals surface area contributed by atoms with Gasteiger partial charge in [-0.3, -0.25) is 4.79 Å². The molecule has 1 unspecified atom stereocenters. The van der Waals surface area contributed by atoms with Crippen molar-refractivity contribution < 1.29 is 14.3 Å². The lowest BCUT2D eigenvalue weighted by Crippen LogP contribution is -2.36. The van der Waals surface area contributed by atoms with Crippen LogP contribution < -0.4 is 5.32 Å². The second-order valence-corrected chi connectivity index (χ2v) is 5.35. The van der Waals surface area contributed by atoms with E-state index < -0.39 is 11.7 Å². The molecule has 1 N–H and O–H groups in total. The standard InChI is InChI=1S/C13H23NO3/c1-9(2)11(15)8-7-10(3)14-12(16)17-13(4,5)6/h7-10H,1-6H3,(H,14,16)/b8-7+. The van der Waals surface area contributed by atoms with Gasteiger partial charge in [-0.15, -0.1) is 0 Å². The topological polar surface area (TPSA) is 55.4 Å². The van der Waals surface area contributed by atoms with Gasteiger partial charge in [-0.05, 0) is 33.8 Å². The Balaban J connectivity index is 4.15. The summed E-state index contributed by atoms with van der Waals surface area (Å²) in [4.78, 5) is 22.7. The van der Waals surface area contributed by atoms with Crippen LogP contribution in [0.3, 0.4) is 0 Å². The second-order valence-electron chi connectivity index (χ2n) is 5.35. The first-order valence-electron chi connectivity index (χ1n) is 5.83. The summed E-state index contributed by atoms with van der Waals surface area (Å²) in [6, 6.07) is -0.229. The zero-order valence-electron chi connectivity index (χ0n) is 11.5. The summed E-state index contributed by atoms with van der Waals surface area (Å²) in [5.41, 5.74) is -0.513. The lowest BCUT2D eigenvalue weighted by atomic mass is 10.1. The van der Waals surface area contributed by atoms with Gasteiger partial charge < -0.3 is 10.1 Å². The van der Waals surface area contributed by atoms with Gasteiger partial charge in [0.1, 0.15) is 5.60 Å². The Bertz CT molecular complexity index is 300. The number of alkyl carbamates (subject to hydrolysis) is 1. The average molecular weight is 241 g/mol. The van der Waals surface area contributed by atoms with Crippen LogP contribution >= 0.6 is 0 Å². The summed E-state index contributed by atoms with van der Waals surface area (Å²) in [6.07, 6.45) is 2.67. The molecule has 0 saturated heterocycles. The molecule has 98 valence electrons. The highest BCUT2D eigenvalue weighted by Crippen LogP contribution is 2.06. The number of ether oxygens (including phenoxy) is 1. The third kappa shape index (κ3) is 8.48. The molecule has 4 heteroatoms. The van der Waals surface area contributed by atoms with Crippen molar-refractivity contribution in [3.05, 3.63) is 12.2 Å². The van der Waals surface area contributed by atoms with Gasteiger partial charge in [-0.2, -0.15) is 0 Å². The van der Waals surface area contributed by atoms with Gasteiger partial charge in [-0.1, -0.05) is 19.9 Å². The van der Waals surface area contributed by atoms with E-state index in [9.17, 15) is 9.59 Å². The number of carbonyl (C=O) groups is 2. The molecule has 0 aromatic rings. The van der Waals surface area contributed by atoms with Crippen molar-refractivity contribution in [1.29, 1.82) is 0 Å². The van der Waals surface area contributed by atoms with Crippen LogP contribution in [0.2, 0.25) is 0 Å². The van der Waals surface area contributed by atoms with Crippen molar-refractivity contribution in [3.8, 4) is 0 Å². The van der Waals surface area contributed by atoms with E-state index >= 15 is 0 Å². The molecule has 0 aliphatic carbocycles. The highest BCUT2D eigenvalue weighted by atomic mass is 16.6. The molecule has 0 radical (unpaired) electrons. The Hall–Kier alpha value is -1.32. The normalized spacial score (nSPS) is 13.8. The summed E-state index contributed by atoms with van der Waals surface area (Å²) in [5.74, 6) is 0.0165. The highest BCUT2D eigenvalue weighted by molar-refractivity contribution is 5.91. The number of amides is 1. The lowest BCUT2D eigenvalue weighted by molar-refractivity contribution is -0.117. The summed E-state index contributed by atoms with van der Waals surface area (Å²) in [6.45, 7) is 10.9. The highest BCUT2D eigenvalue weighted by Gasteiger charge is 2.16. The van der Waals surface area contributed by atoms with Crippen LogP contribution in [0.5, 0.6) is 0 Å². The molecule has 0 aromatic carbocycles. The molecular weight excluding hydrogens is 218 g/mol. The van der Waals surface area contributed by atoms with E-state index in [2.05, 4.69) is 5.32 Å². The predicted molar refractivity (Wildman–Crippen MR) is 67.8 cm³/mol. The average Bonchev–Trinajstić information content (AvgIpc) is 2.10. The van der Waals surface area contributed by atoms with Crippen LogP contribution in [0.4, 0.5) is 4.79 Å². The van der Waals surface area contributed by atoms with Gasteiger partial charge in [0.05, 0.1) is 0 Å². The minimum Gasteiger partial charge on any atom is -0.444 e. The first kappa shape index (κ1) is 15.7. The molecule has 0 saturated carbocycles. The molecule has 0 heterocycles. The van der Waals surface area contributed by atoms with Crippen LogP contribution in [-0.2, 0) is 9.53 Å². The third-order valence-electron chi connectivity index (χ3n) is 1.86. The fourth-order valence-electron chi connectivity index (χ4n) is 0.973. The van der Waals surface area contributed by atoms with Crippen LogP contribution in [0.25, 0.3) is 0 Å². The van der Waals surface area contributed by atoms with Crippen molar-refractivity contribution >= 4 is 11.9 Å². The predicted octanol–water partition coefficient (Wildman–Crippen LogP) is 2.68. The number of ketones is 1. The maximum Gasteiger partial charge on any atom is 0.408 e. The molecule has 0 fully saturated rings. The van der Waals surface area contributed by atoms with E-state index in [-0.39, 0.29) is 17.7 Å². The molecular formula is C13H23NO3. The Labute approximate surface area is 103 Å². The zero-order valence-corrected chi connectivity index (χ0v) is 11.5. The number of hydrogen-bond acceptors (Lipinski definition) is 3. The van der Waals surface area contributed by atoms with Crippen LogP contribution in [0.15, 0.2) is 12.2 Å². The molecule has 4 nitrogen and oxygen atoms in total. The summed E-state index contributed by atoms with van der Waals surface area (Å²) in [5, 5.41) is 2.63. The Morgan fingerprint density at radius 1 is 1.18 bits per heavy atom. The SMILES string of the molecule is CC(/C=C/C(=O)C(C)C)NC(=O)OC(C)(C)C. The Morgan fingerprint density at radius 3 is 2.12 bits per heavy atom. The van der Waals surface area contributed by atoms with Gasteiger partial charge in [0, 0.05) is 12.0 Å². The number of nitrogens with one attached hydrogen (secondary N) is 1. The number of allylic oxidation sites excluding steroid dienone is 1. The molecule has 0 rings (SSSR count). The van der Waals surface area contributed by atoms with Gasteiger partial charge in [0.15, 0.2) is 5.78 Å². The van der Waals surface area contributed by atoms with Crippen molar-refractivity contribution in [3.63, 3.8) is 0 Å². The Morgan fingerprint density at radius 2 is 1.71 bits per heavy atom. The summed E-state index contributed by atoms with van der Waals surface area (Å²) < 4.78 is 5.09. The van der Waals surface area contributed by atoms with Crippen molar-refractivity contribution in [2.24, 2.45) is 5.92 Å². The van der Waals surface area contributed by atoms with Crippen LogP contribution in [0, 0.1) is 5.92 Å². The van der Waals surface area contributed by atoms with Gasteiger partial charge in [0.2, 0.25) is 0 Å². The Kier molecular flexibility index (Phi) is 5.93. The molecule has 0 aliphatic heterocycles. The second kappa shape index (κ2) is 6.42. The molecule has 0 aromatic heterocycles. The smallest absolute Gasteiger partial charge is 0.408 e. The summed E-state index contributed by atoms with van der Waals surface area (Å²) in [7, 11) is 0. The first-order valence-corrected chi connectivity index (χ1v) is 5.83. The molecule has 17 heavy (non-hydrogen) atoms. The number of carbonyl (C=O) groups excluding carboxylic acids is 2. The fourth-order valence-corrected chi connectivity index (χ4v) is 0.973. The largest absolute Gasteiger partial charge is 0.444 e. The van der Waals surface area contributed by atoms with E-state index in [1.54, 1.807) is 33.8 Å². The maximum absolute atomic E-state index is 11.4. The molecule has 0 bridgehead atoms. The lowest BCUT2D eigenvalue weighted by Gasteiger charge is -2.20. The van der Waals surface area contributed by atoms with E-state index in [0.717, 1.165) is 0 Å². The minimum absolute atomic E-state index is 0.0278. The monoisotopic (exact) mass is 241 g/mol. The molecule has 0 spiro atoms. The van der Waals surface area contributed by atoms with Gasteiger partial charge >= 0.3 is 6.09 Å². The van der Waals surface area contributed by atoms with E-state index in [1.807, 2.05) is 13.8 Å². The quantitative estimate of drug-likeness (QED) is 0.770. The summed E-state index contributed by atoms with van der Waals surface area (Å²) >= 11 is 0. The van der Waals surface area contributed by atoms with E-state index in [0.29, 0.717) is 0 Å².